The lowest BCUT2D eigenvalue weighted by Crippen LogP contribution is -2.43. The summed E-state index contributed by atoms with van der Waals surface area (Å²) in [5, 5.41) is 0.585. The van der Waals surface area contributed by atoms with Crippen LogP contribution in [0.15, 0.2) is 82.2 Å². The lowest BCUT2D eigenvalue weighted by Gasteiger charge is -2.29. The van der Waals surface area contributed by atoms with E-state index in [0.717, 1.165) is 11.1 Å². The molecule has 0 saturated carbocycles. The molecule has 0 spiro atoms. The first kappa shape index (κ1) is 25.7. The molecular formula is C28H28ClN3O3S. The number of benzene rings is 2. The van der Waals surface area contributed by atoms with Gasteiger partial charge in [0.15, 0.2) is 4.80 Å². The fraction of sp³-hybridized carbons (Fsp3) is 0.250. The second kappa shape index (κ2) is 11.1. The largest absolute Gasteiger partial charge is 0.490 e. The first-order valence-corrected chi connectivity index (χ1v) is 13.0. The van der Waals surface area contributed by atoms with Gasteiger partial charge < -0.3 is 9.64 Å². The van der Waals surface area contributed by atoms with E-state index >= 15 is 0 Å². The Morgan fingerprint density at radius 2 is 1.94 bits per heavy atom. The van der Waals surface area contributed by atoms with Crippen molar-refractivity contribution in [2.45, 2.75) is 26.8 Å². The molecule has 0 fully saturated rings. The minimum absolute atomic E-state index is 0.123. The molecule has 2 heterocycles. The third kappa shape index (κ3) is 5.08. The number of carbonyl (C=O) groups is 1. The first-order chi connectivity index (χ1) is 17.4. The van der Waals surface area contributed by atoms with Crippen LogP contribution in [0.25, 0.3) is 6.08 Å². The zero-order valence-electron chi connectivity index (χ0n) is 20.5. The Morgan fingerprint density at radius 1 is 1.22 bits per heavy atom. The van der Waals surface area contributed by atoms with Crippen molar-refractivity contribution in [2.75, 3.05) is 19.7 Å². The van der Waals surface area contributed by atoms with Crippen molar-refractivity contribution in [3.05, 3.63) is 108 Å². The summed E-state index contributed by atoms with van der Waals surface area (Å²) >= 11 is 7.46. The Bertz CT molecular complexity index is 1500. The van der Waals surface area contributed by atoms with E-state index < -0.39 is 6.04 Å². The molecule has 36 heavy (non-hydrogen) atoms. The summed E-state index contributed by atoms with van der Waals surface area (Å²) in [6.07, 6.45) is 3.51. The monoisotopic (exact) mass is 521 g/mol. The maximum Gasteiger partial charge on any atom is 0.271 e. The second-order valence-corrected chi connectivity index (χ2v) is 9.73. The second-order valence-electron chi connectivity index (χ2n) is 8.28. The number of allylic oxidation sites excluding steroid dienone is 1. The van der Waals surface area contributed by atoms with E-state index in [-0.39, 0.29) is 11.5 Å². The van der Waals surface area contributed by atoms with Crippen LogP contribution in [-0.2, 0) is 4.79 Å². The van der Waals surface area contributed by atoms with Gasteiger partial charge in [-0.15, -0.1) is 0 Å². The molecule has 1 aromatic heterocycles. The zero-order chi connectivity index (χ0) is 25.8. The van der Waals surface area contributed by atoms with Gasteiger partial charge in [-0.1, -0.05) is 59.9 Å². The van der Waals surface area contributed by atoms with E-state index in [1.807, 2.05) is 63.2 Å². The quantitative estimate of drug-likeness (QED) is 0.415. The molecule has 2 aromatic carbocycles. The van der Waals surface area contributed by atoms with Crippen LogP contribution in [0.2, 0.25) is 5.02 Å². The minimum atomic E-state index is -0.601. The summed E-state index contributed by atoms with van der Waals surface area (Å²) in [5.41, 5.74) is 2.55. The summed E-state index contributed by atoms with van der Waals surface area (Å²) in [6.45, 7) is 10.9. The topological polar surface area (TPSA) is 63.9 Å². The third-order valence-corrected chi connectivity index (χ3v) is 7.25. The lowest BCUT2D eigenvalue weighted by atomic mass is 9.94. The van der Waals surface area contributed by atoms with Gasteiger partial charge in [-0.2, -0.15) is 0 Å². The number of thiazole rings is 1. The average Bonchev–Trinajstić information content (AvgIpc) is 3.17. The molecular weight excluding hydrogens is 494 g/mol. The molecule has 1 aliphatic rings. The number of ether oxygens (including phenoxy) is 1. The van der Waals surface area contributed by atoms with Crippen LogP contribution in [0, 0.1) is 0 Å². The van der Waals surface area contributed by atoms with E-state index in [4.69, 9.17) is 21.3 Å². The van der Waals surface area contributed by atoms with Crippen molar-refractivity contribution >= 4 is 34.9 Å². The van der Waals surface area contributed by atoms with Crippen LogP contribution in [-0.4, -0.2) is 35.1 Å². The fourth-order valence-electron chi connectivity index (χ4n) is 4.24. The molecule has 8 heteroatoms. The summed E-state index contributed by atoms with van der Waals surface area (Å²) in [4.78, 5) is 34.4. The molecule has 186 valence electrons. The van der Waals surface area contributed by atoms with E-state index in [9.17, 15) is 9.59 Å². The molecule has 0 unspecified atom stereocenters. The zero-order valence-corrected chi connectivity index (χ0v) is 22.1. The molecule has 1 atom stereocenters. The molecule has 6 nitrogen and oxygen atoms in total. The van der Waals surface area contributed by atoms with Gasteiger partial charge in [0, 0.05) is 18.1 Å². The molecule has 0 radical (unpaired) electrons. The Labute approximate surface area is 219 Å². The van der Waals surface area contributed by atoms with Crippen LogP contribution in [0.3, 0.4) is 0 Å². The Kier molecular flexibility index (Phi) is 7.91. The maximum atomic E-state index is 13.8. The van der Waals surface area contributed by atoms with Crippen molar-refractivity contribution in [3.63, 3.8) is 0 Å². The lowest BCUT2D eigenvalue weighted by molar-refractivity contribution is -0.127. The molecule has 0 bridgehead atoms. The number of likely N-dealkylation sites (N-methyl/N-ethyl adjacent to an activating group) is 1. The third-order valence-electron chi connectivity index (χ3n) is 6.01. The van der Waals surface area contributed by atoms with Crippen LogP contribution in [0.5, 0.6) is 5.75 Å². The van der Waals surface area contributed by atoms with Gasteiger partial charge >= 0.3 is 0 Å². The molecule has 3 aromatic rings. The van der Waals surface area contributed by atoms with E-state index in [2.05, 4.69) is 6.58 Å². The van der Waals surface area contributed by atoms with Crippen molar-refractivity contribution < 1.29 is 9.53 Å². The Morgan fingerprint density at radius 3 is 2.61 bits per heavy atom. The predicted molar refractivity (Wildman–Crippen MR) is 145 cm³/mol. The van der Waals surface area contributed by atoms with Gasteiger partial charge in [-0.3, -0.25) is 14.2 Å². The Hall–Kier alpha value is -3.42. The van der Waals surface area contributed by atoms with Crippen LogP contribution in [0.1, 0.15) is 37.9 Å². The highest BCUT2D eigenvalue weighted by Crippen LogP contribution is 2.31. The van der Waals surface area contributed by atoms with E-state index in [1.54, 1.807) is 27.7 Å². The number of hydrogen-bond donors (Lipinski definition) is 0. The average molecular weight is 522 g/mol. The first-order valence-electron chi connectivity index (χ1n) is 11.8. The fourth-order valence-corrected chi connectivity index (χ4v) is 5.41. The number of aromatic nitrogens is 1. The smallest absolute Gasteiger partial charge is 0.271 e. The van der Waals surface area contributed by atoms with Crippen molar-refractivity contribution in [1.82, 2.24) is 9.47 Å². The number of rotatable bonds is 8. The summed E-state index contributed by atoms with van der Waals surface area (Å²) in [6, 6.07) is 14.2. The van der Waals surface area contributed by atoms with Gasteiger partial charge in [0.05, 0.1) is 21.8 Å². The van der Waals surface area contributed by atoms with Gasteiger partial charge in [-0.05, 0) is 62.2 Å². The predicted octanol–water partition coefficient (Wildman–Crippen LogP) is 4.32. The Balaban J connectivity index is 1.89. The molecule has 0 aliphatic carbocycles. The van der Waals surface area contributed by atoms with Gasteiger partial charge in [0.2, 0.25) is 0 Å². The molecule has 4 rings (SSSR count). The van der Waals surface area contributed by atoms with Gasteiger partial charge in [-0.25, -0.2) is 4.99 Å². The van der Waals surface area contributed by atoms with Crippen molar-refractivity contribution in [3.8, 4) is 5.75 Å². The number of carbonyl (C=O) groups excluding carboxylic acids is 1. The van der Waals surface area contributed by atoms with E-state index in [0.29, 0.717) is 51.1 Å². The number of nitrogens with zero attached hydrogens (tertiary/aromatic N) is 3. The molecule has 0 saturated heterocycles. The van der Waals surface area contributed by atoms with E-state index in [1.165, 1.54) is 11.3 Å². The highest BCUT2D eigenvalue weighted by Gasteiger charge is 2.34. The molecule has 0 N–H and O–H groups in total. The number of hydrogen-bond acceptors (Lipinski definition) is 5. The van der Waals surface area contributed by atoms with Crippen LogP contribution >= 0.6 is 22.9 Å². The minimum Gasteiger partial charge on any atom is -0.490 e. The summed E-state index contributed by atoms with van der Waals surface area (Å²) < 4.78 is 7.78. The summed E-state index contributed by atoms with van der Waals surface area (Å²) in [5.74, 6) is 0.570. The summed E-state index contributed by atoms with van der Waals surface area (Å²) in [7, 11) is 0. The van der Waals surface area contributed by atoms with Gasteiger partial charge in [0.1, 0.15) is 12.4 Å². The van der Waals surface area contributed by atoms with Crippen LogP contribution < -0.4 is 19.6 Å². The SMILES string of the molecule is C=CCOc1cccc(/C=c2/sc3n(c2=O)[C@H](c2ccc(Cl)cc2)C(C(=O)N(CC)CC)=C(C)N=3)c1. The number of amides is 1. The number of fused-ring (bicyclic) bond motifs is 1. The molecule has 1 aliphatic heterocycles. The van der Waals surface area contributed by atoms with Crippen molar-refractivity contribution in [1.29, 1.82) is 0 Å². The number of halogens is 1. The van der Waals surface area contributed by atoms with Crippen LogP contribution in [0.4, 0.5) is 0 Å². The van der Waals surface area contributed by atoms with Crippen molar-refractivity contribution in [2.24, 2.45) is 4.99 Å². The maximum absolute atomic E-state index is 13.8. The van der Waals surface area contributed by atoms with Gasteiger partial charge in [0.25, 0.3) is 11.5 Å². The standard InChI is InChI=1S/C28H28ClN3O3S/c1-5-15-35-22-10-8-9-19(16-22)17-23-26(33)32-25(20-11-13-21(29)14-12-20)24(18(4)30-28(32)36-23)27(34)31(6-2)7-3/h5,8-14,16-17,25H,1,6-7,15H2,2-4H3/b23-17+/t25-/m1/s1. The highest BCUT2D eigenvalue weighted by molar-refractivity contribution is 7.07. The normalized spacial score (nSPS) is 15.3. The molecule has 1 amide bonds. The highest BCUT2D eigenvalue weighted by atomic mass is 35.5.